The second-order valence-corrected chi connectivity index (χ2v) is 9.99. The molecule has 1 aliphatic heterocycles. The maximum absolute atomic E-state index is 15.4. The zero-order chi connectivity index (χ0) is 24.6. The predicted molar refractivity (Wildman–Crippen MR) is 134 cm³/mol. The third-order valence-corrected chi connectivity index (χ3v) is 7.72. The van der Waals surface area contributed by atoms with Gasteiger partial charge in [0.25, 0.3) is 0 Å². The Balaban J connectivity index is 1.30. The van der Waals surface area contributed by atoms with Gasteiger partial charge < -0.3 is 14.7 Å². The van der Waals surface area contributed by atoms with E-state index < -0.39 is 18.1 Å². The Hall–Kier alpha value is -2.78. The molecule has 1 fully saturated rings. The minimum atomic E-state index is -1.18. The number of hydrogen-bond acceptors (Lipinski definition) is 7. The number of alkyl halides is 1. The number of piperidine rings is 1. The van der Waals surface area contributed by atoms with Crippen molar-refractivity contribution in [3.05, 3.63) is 54.6 Å². The Bertz CT molecular complexity index is 1120. The van der Waals surface area contributed by atoms with E-state index in [0.29, 0.717) is 30.7 Å². The van der Waals surface area contributed by atoms with E-state index in [1.165, 1.54) is 0 Å². The summed E-state index contributed by atoms with van der Waals surface area (Å²) in [6.07, 6.45) is 6.28. The molecule has 0 radical (unpaired) electrons. The Labute approximate surface area is 209 Å². The number of aliphatic carboxylic acids is 1. The number of ether oxygens (including phenoxy) is 1. The van der Waals surface area contributed by atoms with Crippen LogP contribution in [0.3, 0.4) is 0 Å². The lowest BCUT2D eigenvalue weighted by atomic mass is 9.81. The highest BCUT2D eigenvalue weighted by atomic mass is 32.2. The fourth-order valence-corrected chi connectivity index (χ4v) is 5.55. The molecule has 0 saturated carbocycles. The van der Waals surface area contributed by atoms with Gasteiger partial charge in [-0.15, -0.1) is 11.8 Å². The summed E-state index contributed by atoms with van der Waals surface area (Å²) in [5.41, 5.74) is 1.31. The summed E-state index contributed by atoms with van der Waals surface area (Å²) in [7, 11) is 1.58. The van der Waals surface area contributed by atoms with Gasteiger partial charge >= 0.3 is 5.97 Å². The van der Waals surface area contributed by atoms with Crippen molar-refractivity contribution in [3.8, 4) is 5.75 Å². The molecular formula is C26H31FN4O3S. The van der Waals surface area contributed by atoms with Gasteiger partial charge in [0.15, 0.2) is 0 Å². The van der Waals surface area contributed by atoms with Crippen molar-refractivity contribution >= 4 is 28.6 Å². The summed E-state index contributed by atoms with van der Waals surface area (Å²) in [5, 5.41) is 11.6. The summed E-state index contributed by atoms with van der Waals surface area (Å²) in [4.78, 5) is 26.7. The lowest BCUT2D eigenvalue weighted by molar-refractivity contribution is -0.146. The normalized spacial score (nSPS) is 19.5. The molecule has 35 heavy (non-hydrogen) atoms. The number of thioether (sulfide) groups is 1. The van der Waals surface area contributed by atoms with Crippen LogP contribution < -0.4 is 4.74 Å². The first-order chi connectivity index (χ1) is 17.0. The van der Waals surface area contributed by atoms with Crippen LogP contribution in [0.1, 0.15) is 37.4 Å². The Kier molecular flexibility index (Phi) is 8.87. The third-order valence-electron chi connectivity index (χ3n) is 6.69. The van der Waals surface area contributed by atoms with E-state index in [1.54, 1.807) is 43.7 Å². The molecule has 1 saturated heterocycles. The number of fused-ring (bicyclic) bond motifs is 1. The SMILES string of the molecule is COc1ccc2nccc([C@H](F)CC[C@@H]3CCN(CCCSc4ccncn4)C[C@@H]3C(=O)O)c2c1. The molecular weight excluding hydrogens is 467 g/mol. The van der Waals surface area contributed by atoms with Crippen LogP contribution in [0.15, 0.2) is 54.1 Å². The van der Waals surface area contributed by atoms with Gasteiger partial charge in [0.05, 0.1) is 23.6 Å². The first kappa shape index (κ1) is 25.3. The quantitative estimate of drug-likeness (QED) is 0.224. The molecule has 3 heterocycles. The second-order valence-electron chi connectivity index (χ2n) is 8.87. The topological polar surface area (TPSA) is 88.4 Å². The number of halogens is 1. The molecule has 9 heteroatoms. The van der Waals surface area contributed by atoms with E-state index in [9.17, 15) is 9.90 Å². The fraction of sp³-hybridized carbons (Fsp3) is 0.462. The average molecular weight is 499 g/mol. The van der Waals surface area contributed by atoms with Crippen LogP contribution in [0, 0.1) is 11.8 Å². The van der Waals surface area contributed by atoms with Crippen molar-refractivity contribution in [2.24, 2.45) is 11.8 Å². The molecule has 2 aromatic heterocycles. The molecule has 1 aliphatic rings. The van der Waals surface area contributed by atoms with E-state index in [0.717, 1.165) is 47.6 Å². The van der Waals surface area contributed by atoms with Crippen molar-refractivity contribution in [2.45, 2.75) is 36.9 Å². The molecule has 0 amide bonds. The Morgan fingerprint density at radius 2 is 2.17 bits per heavy atom. The van der Waals surface area contributed by atoms with Gasteiger partial charge in [0.1, 0.15) is 18.2 Å². The van der Waals surface area contributed by atoms with Crippen molar-refractivity contribution in [2.75, 3.05) is 32.5 Å². The van der Waals surface area contributed by atoms with Crippen molar-refractivity contribution in [3.63, 3.8) is 0 Å². The number of likely N-dealkylation sites (tertiary alicyclic amines) is 1. The molecule has 186 valence electrons. The lowest BCUT2D eigenvalue weighted by Gasteiger charge is -2.36. The molecule has 1 N–H and O–H groups in total. The minimum Gasteiger partial charge on any atom is -0.497 e. The number of methoxy groups -OCH3 is 1. The van der Waals surface area contributed by atoms with Crippen LogP contribution in [0.4, 0.5) is 4.39 Å². The number of benzene rings is 1. The summed E-state index contributed by atoms with van der Waals surface area (Å²) >= 11 is 1.68. The minimum absolute atomic E-state index is 0.0277. The number of nitrogens with zero attached hydrogens (tertiary/aromatic N) is 4. The summed E-state index contributed by atoms with van der Waals surface area (Å²) < 4.78 is 20.7. The van der Waals surface area contributed by atoms with Crippen LogP contribution in [-0.2, 0) is 4.79 Å². The van der Waals surface area contributed by atoms with E-state index in [2.05, 4.69) is 19.9 Å². The van der Waals surface area contributed by atoms with Gasteiger partial charge in [-0.3, -0.25) is 9.78 Å². The molecule has 3 atom stereocenters. The van der Waals surface area contributed by atoms with Crippen LogP contribution in [0.25, 0.3) is 10.9 Å². The van der Waals surface area contributed by atoms with Crippen LogP contribution in [0.5, 0.6) is 5.75 Å². The summed E-state index contributed by atoms with van der Waals surface area (Å²) in [6.45, 7) is 2.22. The molecule has 7 nitrogen and oxygen atoms in total. The largest absolute Gasteiger partial charge is 0.497 e. The third kappa shape index (κ3) is 6.67. The summed E-state index contributed by atoms with van der Waals surface area (Å²) in [6, 6.07) is 9.05. The lowest BCUT2D eigenvalue weighted by Crippen LogP contribution is -2.44. The van der Waals surface area contributed by atoms with Crippen molar-refractivity contribution in [1.82, 2.24) is 19.9 Å². The first-order valence-electron chi connectivity index (χ1n) is 12.0. The average Bonchev–Trinajstić information content (AvgIpc) is 2.89. The number of aromatic nitrogens is 3. The van der Waals surface area contributed by atoms with E-state index >= 15 is 4.39 Å². The monoisotopic (exact) mass is 498 g/mol. The number of pyridine rings is 1. The molecule has 3 aromatic rings. The molecule has 0 aliphatic carbocycles. The zero-order valence-electron chi connectivity index (χ0n) is 19.8. The van der Waals surface area contributed by atoms with Gasteiger partial charge in [0, 0.05) is 30.1 Å². The molecule has 1 aromatic carbocycles. The second kappa shape index (κ2) is 12.3. The highest BCUT2D eigenvalue weighted by Crippen LogP contribution is 2.35. The fourth-order valence-electron chi connectivity index (χ4n) is 4.79. The van der Waals surface area contributed by atoms with Gasteiger partial charge in [-0.05, 0) is 80.6 Å². The van der Waals surface area contributed by atoms with Crippen LogP contribution in [-0.4, -0.2) is 63.4 Å². The number of carbonyl (C=O) groups is 1. The molecule has 0 bridgehead atoms. The van der Waals surface area contributed by atoms with E-state index in [-0.39, 0.29) is 5.92 Å². The number of carboxylic acids is 1. The maximum Gasteiger partial charge on any atom is 0.308 e. The van der Waals surface area contributed by atoms with Gasteiger partial charge in [0.2, 0.25) is 0 Å². The maximum atomic E-state index is 15.4. The van der Waals surface area contributed by atoms with Crippen LogP contribution >= 0.6 is 11.8 Å². The molecule has 4 rings (SSSR count). The smallest absolute Gasteiger partial charge is 0.308 e. The number of carboxylic acid groups (broad SMARTS) is 1. The number of hydrogen-bond donors (Lipinski definition) is 1. The Morgan fingerprint density at radius 3 is 2.94 bits per heavy atom. The van der Waals surface area contributed by atoms with Crippen LogP contribution in [0.2, 0.25) is 0 Å². The van der Waals surface area contributed by atoms with Crippen molar-refractivity contribution in [1.29, 1.82) is 0 Å². The number of rotatable bonds is 11. The Morgan fingerprint density at radius 1 is 1.29 bits per heavy atom. The van der Waals surface area contributed by atoms with Gasteiger partial charge in [-0.2, -0.15) is 0 Å². The van der Waals surface area contributed by atoms with Gasteiger partial charge in [-0.25, -0.2) is 14.4 Å². The molecule has 0 spiro atoms. The zero-order valence-corrected chi connectivity index (χ0v) is 20.7. The van der Waals surface area contributed by atoms with Gasteiger partial charge in [-0.1, -0.05) is 0 Å². The van der Waals surface area contributed by atoms with E-state index in [4.69, 9.17) is 4.74 Å². The van der Waals surface area contributed by atoms with E-state index in [1.807, 2.05) is 24.3 Å². The standard InChI is InChI=1S/C26H31FN4O3S/c1-34-19-4-6-24-21(15-19)20(7-11-29-24)23(27)5-3-18-9-13-31(16-22(18)26(32)33)12-2-14-35-25-8-10-28-17-30-25/h4,6-8,10-11,15,17-18,22-23H,2-3,5,9,12-14,16H2,1H3,(H,32,33)/t18-,22+,23-/m1/s1. The van der Waals surface area contributed by atoms with Crippen molar-refractivity contribution < 1.29 is 19.0 Å². The predicted octanol–water partition coefficient (Wildman–Crippen LogP) is 5.03. The molecule has 0 unspecified atom stereocenters. The summed E-state index contributed by atoms with van der Waals surface area (Å²) in [5.74, 6) is 0.292. The first-order valence-corrected chi connectivity index (χ1v) is 12.9. The highest BCUT2D eigenvalue weighted by Gasteiger charge is 2.34. The highest BCUT2D eigenvalue weighted by molar-refractivity contribution is 7.99.